The Morgan fingerprint density at radius 2 is 0.579 bits per heavy atom. The van der Waals surface area contributed by atoms with Crippen molar-refractivity contribution in [1.82, 2.24) is 0 Å². The van der Waals surface area contributed by atoms with Gasteiger partial charge in [0, 0.05) is 19.3 Å². The maximum Gasteiger partial charge on any atom is 0.306 e. The van der Waals surface area contributed by atoms with Crippen LogP contribution in [-0.2, 0) is 28.6 Å². The summed E-state index contributed by atoms with van der Waals surface area (Å²) in [7, 11) is 0. The number of unbranched alkanes of at least 4 members (excludes halogenated alkanes) is 33. The summed E-state index contributed by atoms with van der Waals surface area (Å²) in [6.45, 7) is 6.64. The standard InChI is InChI=1S/C51H96O6/c1-4-7-10-13-16-19-22-25-26-27-30-32-35-38-41-44-50(53)56-47-48(57-51(54)45-42-39-36-33-29-24-21-18-15-12-9-6-3)46-55-49(52)43-40-37-34-31-28-23-20-17-14-11-8-5-2/h25-26,48H,4-24,27-47H2,1-3H3/b26-25-. The first-order chi connectivity index (χ1) is 28.0. The number of carbonyl (C=O) groups excluding carboxylic acids is 3. The van der Waals surface area contributed by atoms with E-state index in [0.717, 1.165) is 64.2 Å². The van der Waals surface area contributed by atoms with Crippen molar-refractivity contribution in [3.63, 3.8) is 0 Å². The van der Waals surface area contributed by atoms with Crippen LogP contribution in [0.25, 0.3) is 0 Å². The Kier molecular flexibility index (Phi) is 45.3. The summed E-state index contributed by atoms with van der Waals surface area (Å²) >= 11 is 0. The monoisotopic (exact) mass is 805 g/mol. The smallest absolute Gasteiger partial charge is 0.306 e. The Morgan fingerprint density at radius 3 is 0.877 bits per heavy atom. The van der Waals surface area contributed by atoms with E-state index in [1.807, 2.05) is 0 Å². The molecule has 6 nitrogen and oxygen atoms in total. The van der Waals surface area contributed by atoms with Crippen LogP contribution in [0.15, 0.2) is 12.2 Å². The van der Waals surface area contributed by atoms with Gasteiger partial charge >= 0.3 is 17.9 Å². The van der Waals surface area contributed by atoms with Crippen LogP contribution in [0.5, 0.6) is 0 Å². The lowest BCUT2D eigenvalue weighted by Crippen LogP contribution is -2.30. The first kappa shape index (κ1) is 55.2. The van der Waals surface area contributed by atoms with Crippen molar-refractivity contribution in [2.24, 2.45) is 0 Å². The van der Waals surface area contributed by atoms with E-state index in [0.29, 0.717) is 19.3 Å². The molecule has 0 aliphatic carbocycles. The number of allylic oxidation sites excluding steroid dienone is 2. The molecular formula is C51H96O6. The molecule has 0 amide bonds. The zero-order valence-corrected chi connectivity index (χ0v) is 38.4. The van der Waals surface area contributed by atoms with Crippen molar-refractivity contribution in [2.75, 3.05) is 13.2 Å². The minimum Gasteiger partial charge on any atom is -0.462 e. The molecule has 1 atom stereocenters. The van der Waals surface area contributed by atoms with E-state index in [1.165, 1.54) is 173 Å². The van der Waals surface area contributed by atoms with Gasteiger partial charge in [-0.15, -0.1) is 0 Å². The van der Waals surface area contributed by atoms with Crippen LogP contribution >= 0.6 is 0 Å². The van der Waals surface area contributed by atoms with Gasteiger partial charge in [-0.05, 0) is 44.9 Å². The minimum absolute atomic E-state index is 0.0675. The van der Waals surface area contributed by atoms with Gasteiger partial charge in [0.15, 0.2) is 6.10 Å². The van der Waals surface area contributed by atoms with Crippen LogP contribution in [0.1, 0.15) is 278 Å². The van der Waals surface area contributed by atoms with Crippen molar-refractivity contribution in [2.45, 2.75) is 284 Å². The molecule has 6 heteroatoms. The van der Waals surface area contributed by atoms with E-state index in [2.05, 4.69) is 32.9 Å². The summed E-state index contributed by atoms with van der Waals surface area (Å²) in [4.78, 5) is 37.9. The molecule has 0 aromatic rings. The number of hydrogen-bond acceptors (Lipinski definition) is 6. The summed E-state index contributed by atoms with van der Waals surface area (Å²) < 4.78 is 16.8. The fourth-order valence-corrected chi connectivity index (χ4v) is 7.44. The molecule has 57 heavy (non-hydrogen) atoms. The Morgan fingerprint density at radius 1 is 0.333 bits per heavy atom. The van der Waals surface area contributed by atoms with E-state index in [1.54, 1.807) is 0 Å². The Hall–Kier alpha value is -1.85. The van der Waals surface area contributed by atoms with Gasteiger partial charge in [-0.2, -0.15) is 0 Å². The van der Waals surface area contributed by atoms with Crippen LogP contribution in [0.2, 0.25) is 0 Å². The molecule has 0 saturated carbocycles. The Bertz CT molecular complexity index is 885. The second kappa shape index (κ2) is 46.8. The lowest BCUT2D eigenvalue weighted by atomic mass is 10.0. The van der Waals surface area contributed by atoms with Crippen molar-refractivity contribution < 1.29 is 28.6 Å². The molecule has 0 aliphatic rings. The molecule has 0 radical (unpaired) electrons. The van der Waals surface area contributed by atoms with E-state index in [-0.39, 0.29) is 31.1 Å². The highest BCUT2D eigenvalue weighted by molar-refractivity contribution is 5.71. The SMILES string of the molecule is CCCCCCCC/C=C\CCCCCCCC(=O)OCC(COC(=O)CCCCCCCCCCCCCC)OC(=O)CCCCCCCCCCCCCC. The molecule has 0 spiro atoms. The topological polar surface area (TPSA) is 78.9 Å². The van der Waals surface area contributed by atoms with Crippen molar-refractivity contribution in [1.29, 1.82) is 0 Å². The molecule has 0 fully saturated rings. The molecule has 1 unspecified atom stereocenters. The van der Waals surface area contributed by atoms with Crippen LogP contribution in [0, 0.1) is 0 Å². The Balaban J connectivity index is 4.33. The number of ether oxygens (including phenoxy) is 3. The first-order valence-corrected chi connectivity index (χ1v) is 25.2. The highest BCUT2D eigenvalue weighted by Crippen LogP contribution is 2.16. The van der Waals surface area contributed by atoms with Gasteiger partial charge in [-0.25, -0.2) is 0 Å². The molecule has 0 aromatic heterocycles. The van der Waals surface area contributed by atoms with E-state index >= 15 is 0 Å². The van der Waals surface area contributed by atoms with E-state index < -0.39 is 6.10 Å². The zero-order chi connectivity index (χ0) is 41.5. The molecule has 0 saturated heterocycles. The van der Waals surface area contributed by atoms with Gasteiger partial charge in [-0.3, -0.25) is 14.4 Å². The third kappa shape index (κ3) is 45.1. The fraction of sp³-hybridized carbons (Fsp3) is 0.902. The van der Waals surface area contributed by atoms with Gasteiger partial charge < -0.3 is 14.2 Å². The summed E-state index contributed by atoms with van der Waals surface area (Å²) in [6.07, 6.45) is 50.4. The molecule has 0 aliphatic heterocycles. The largest absolute Gasteiger partial charge is 0.462 e. The first-order valence-electron chi connectivity index (χ1n) is 25.2. The van der Waals surface area contributed by atoms with Crippen molar-refractivity contribution in [3.8, 4) is 0 Å². The van der Waals surface area contributed by atoms with Gasteiger partial charge in [0.25, 0.3) is 0 Å². The molecular weight excluding hydrogens is 709 g/mol. The predicted molar refractivity (Wildman–Crippen MR) is 243 cm³/mol. The second-order valence-electron chi connectivity index (χ2n) is 17.1. The summed E-state index contributed by atoms with van der Waals surface area (Å²) in [5, 5.41) is 0. The maximum atomic E-state index is 12.7. The van der Waals surface area contributed by atoms with Crippen LogP contribution in [0.4, 0.5) is 0 Å². The van der Waals surface area contributed by atoms with Crippen LogP contribution in [0.3, 0.4) is 0 Å². The summed E-state index contributed by atoms with van der Waals surface area (Å²) in [5.74, 6) is -0.862. The van der Waals surface area contributed by atoms with Gasteiger partial charge in [0.05, 0.1) is 0 Å². The minimum atomic E-state index is -0.765. The third-order valence-corrected chi connectivity index (χ3v) is 11.3. The molecule has 0 N–H and O–H groups in total. The average molecular weight is 805 g/mol. The maximum absolute atomic E-state index is 12.7. The molecule has 336 valence electrons. The van der Waals surface area contributed by atoms with Crippen molar-refractivity contribution >= 4 is 17.9 Å². The number of rotatable bonds is 46. The van der Waals surface area contributed by atoms with Crippen LogP contribution < -0.4 is 0 Å². The highest BCUT2D eigenvalue weighted by atomic mass is 16.6. The summed E-state index contributed by atoms with van der Waals surface area (Å²) in [6, 6.07) is 0. The molecule has 0 heterocycles. The lowest BCUT2D eigenvalue weighted by Gasteiger charge is -2.18. The average Bonchev–Trinajstić information content (AvgIpc) is 3.21. The molecule has 0 rings (SSSR count). The normalized spacial score (nSPS) is 12.0. The third-order valence-electron chi connectivity index (χ3n) is 11.3. The van der Waals surface area contributed by atoms with Crippen molar-refractivity contribution in [3.05, 3.63) is 12.2 Å². The van der Waals surface area contributed by atoms with E-state index in [9.17, 15) is 14.4 Å². The number of esters is 3. The number of carbonyl (C=O) groups is 3. The zero-order valence-electron chi connectivity index (χ0n) is 38.4. The van der Waals surface area contributed by atoms with E-state index in [4.69, 9.17) is 14.2 Å². The highest BCUT2D eigenvalue weighted by Gasteiger charge is 2.19. The summed E-state index contributed by atoms with van der Waals surface area (Å²) in [5.41, 5.74) is 0. The number of hydrogen-bond donors (Lipinski definition) is 0. The van der Waals surface area contributed by atoms with Gasteiger partial charge in [-0.1, -0.05) is 226 Å². The second-order valence-corrected chi connectivity index (χ2v) is 17.1. The quantitative estimate of drug-likeness (QED) is 0.0264. The lowest BCUT2D eigenvalue weighted by molar-refractivity contribution is -0.167. The Labute approximate surface area is 354 Å². The van der Waals surface area contributed by atoms with Gasteiger partial charge in [0.1, 0.15) is 13.2 Å². The fourth-order valence-electron chi connectivity index (χ4n) is 7.44. The molecule has 0 bridgehead atoms. The predicted octanol–water partition coefficient (Wildman–Crippen LogP) is 16.2. The molecule has 0 aromatic carbocycles. The van der Waals surface area contributed by atoms with Gasteiger partial charge in [0.2, 0.25) is 0 Å². The van der Waals surface area contributed by atoms with Crippen LogP contribution in [-0.4, -0.2) is 37.2 Å².